The van der Waals surface area contributed by atoms with Gasteiger partial charge >= 0.3 is 0 Å². The number of aromatic nitrogens is 7. The molecule has 0 radical (unpaired) electrons. The monoisotopic (exact) mass is 283 g/mol. The molecule has 0 saturated carbocycles. The topological polar surface area (TPSA) is 98.9 Å². The smallest absolute Gasteiger partial charge is 0.115 e. The number of nitrogens with one attached hydrogen (secondary N) is 3. The summed E-state index contributed by atoms with van der Waals surface area (Å²) in [6.45, 7) is 0. The first kappa shape index (κ1) is 15.8. The van der Waals surface area contributed by atoms with Gasteiger partial charge in [-0.05, 0) is 24.3 Å². The van der Waals surface area contributed by atoms with Crippen molar-refractivity contribution in [2.24, 2.45) is 0 Å². The van der Waals surface area contributed by atoms with Crippen molar-refractivity contribution in [3.8, 4) is 0 Å². The predicted molar refractivity (Wildman–Crippen MR) is 80.0 cm³/mol. The maximum atomic E-state index is 3.67. The second kappa shape index (κ2) is 13.2. The van der Waals surface area contributed by atoms with Gasteiger partial charge in [0.2, 0.25) is 0 Å². The van der Waals surface area contributed by atoms with Crippen LogP contribution in [-0.4, -0.2) is 35.1 Å². The zero-order valence-corrected chi connectivity index (χ0v) is 11.4. The van der Waals surface area contributed by atoms with Crippen molar-refractivity contribution in [1.82, 2.24) is 35.1 Å². The highest BCUT2D eigenvalue weighted by molar-refractivity contribution is 4.84. The van der Waals surface area contributed by atoms with E-state index < -0.39 is 0 Å². The number of hydrogen-bond donors (Lipinski definition) is 3. The quantitative estimate of drug-likeness (QED) is 0.461. The second-order valence-electron chi connectivity index (χ2n) is 3.32. The van der Waals surface area contributed by atoms with Gasteiger partial charge in [0.05, 0.1) is 6.33 Å². The lowest BCUT2D eigenvalue weighted by molar-refractivity contribution is 1.09. The van der Waals surface area contributed by atoms with E-state index in [-0.39, 0.29) is 0 Å². The zero-order chi connectivity index (χ0) is 14.8. The molecule has 0 fully saturated rings. The normalized spacial score (nSPS) is 8.00. The van der Waals surface area contributed by atoms with Gasteiger partial charge in [-0.3, -0.25) is 5.10 Å². The van der Waals surface area contributed by atoms with E-state index in [4.69, 9.17) is 0 Å². The maximum absolute atomic E-state index is 3.67. The molecule has 0 amide bonds. The van der Waals surface area contributed by atoms with Crippen molar-refractivity contribution >= 4 is 0 Å². The summed E-state index contributed by atoms with van der Waals surface area (Å²) in [5.41, 5.74) is 0. The first-order valence-electron chi connectivity index (χ1n) is 6.14. The van der Waals surface area contributed by atoms with Crippen LogP contribution >= 0.6 is 0 Å². The van der Waals surface area contributed by atoms with Gasteiger partial charge in [0.25, 0.3) is 0 Å². The van der Waals surface area contributed by atoms with Crippen LogP contribution in [0.5, 0.6) is 0 Å². The lowest BCUT2D eigenvalue weighted by atomic mass is 10.7. The van der Waals surface area contributed by atoms with Crippen molar-refractivity contribution < 1.29 is 0 Å². The largest absolute Gasteiger partial charge is 0.368 e. The number of H-pyrrole nitrogens is 3. The predicted octanol–water partition coefficient (Wildman–Crippen LogP) is 2.31. The molecule has 7 heteroatoms. The molecule has 0 bridgehead atoms. The van der Waals surface area contributed by atoms with E-state index >= 15 is 0 Å². The summed E-state index contributed by atoms with van der Waals surface area (Å²) in [6.07, 6.45) is 17.2. The summed E-state index contributed by atoms with van der Waals surface area (Å²) >= 11 is 0. The van der Waals surface area contributed by atoms with Crippen LogP contribution < -0.4 is 0 Å². The second-order valence-corrected chi connectivity index (χ2v) is 3.32. The molecule has 108 valence electrons. The Labute approximate surface area is 122 Å². The van der Waals surface area contributed by atoms with Crippen molar-refractivity contribution in [1.29, 1.82) is 0 Å². The number of imidazole rings is 1. The number of hydrogen-bond acceptors (Lipinski definition) is 4. The lowest BCUT2D eigenvalue weighted by Gasteiger charge is -1.70. The van der Waals surface area contributed by atoms with Crippen LogP contribution in [0, 0.1) is 0 Å². The van der Waals surface area contributed by atoms with Crippen LogP contribution in [0.15, 0.2) is 86.5 Å². The van der Waals surface area contributed by atoms with Crippen LogP contribution in [0.1, 0.15) is 0 Å². The fourth-order valence-electron chi connectivity index (χ4n) is 0.961. The third kappa shape index (κ3) is 11.6. The highest BCUT2D eigenvalue weighted by atomic mass is 15.1. The lowest BCUT2D eigenvalue weighted by Crippen LogP contribution is -1.66. The van der Waals surface area contributed by atoms with Crippen molar-refractivity contribution in [2.45, 2.75) is 0 Å². The summed E-state index contributed by atoms with van der Waals surface area (Å²) in [5, 5.41) is 6.21. The molecule has 0 aromatic carbocycles. The number of rotatable bonds is 0. The van der Waals surface area contributed by atoms with E-state index in [0.717, 1.165) is 0 Å². The van der Waals surface area contributed by atoms with Gasteiger partial charge in [-0.25, -0.2) is 15.0 Å². The summed E-state index contributed by atoms with van der Waals surface area (Å²) in [5.74, 6) is 0. The molecule has 0 saturated heterocycles. The van der Waals surface area contributed by atoms with E-state index in [9.17, 15) is 0 Å². The Morgan fingerprint density at radius 3 is 1.57 bits per heavy atom. The molecule has 4 heterocycles. The van der Waals surface area contributed by atoms with E-state index in [1.54, 1.807) is 49.6 Å². The van der Waals surface area contributed by atoms with Crippen molar-refractivity contribution in [3.63, 3.8) is 0 Å². The number of nitrogens with zero attached hydrogens (tertiary/aromatic N) is 4. The Kier molecular flexibility index (Phi) is 9.97. The van der Waals surface area contributed by atoms with Crippen molar-refractivity contribution in [3.05, 3.63) is 86.5 Å². The number of aromatic amines is 3. The summed E-state index contributed by atoms with van der Waals surface area (Å²) < 4.78 is 0. The summed E-state index contributed by atoms with van der Waals surface area (Å²) in [4.78, 5) is 16.6. The van der Waals surface area contributed by atoms with Gasteiger partial charge in [0.1, 0.15) is 6.33 Å². The van der Waals surface area contributed by atoms with Gasteiger partial charge in [-0.1, -0.05) is 0 Å². The Bertz CT molecular complexity index is 418. The van der Waals surface area contributed by atoms with Crippen LogP contribution in [0.3, 0.4) is 0 Å². The van der Waals surface area contributed by atoms with Gasteiger partial charge in [0, 0.05) is 49.6 Å². The Hall–Kier alpha value is -3.22. The molecule has 0 aliphatic carbocycles. The van der Waals surface area contributed by atoms with Crippen LogP contribution in [-0.2, 0) is 0 Å². The molecule has 4 aromatic heterocycles. The van der Waals surface area contributed by atoms with Gasteiger partial charge < -0.3 is 9.97 Å². The molecule has 4 rings (SSSR count). The molecular weight excluding hydrogens is 266 g/mol. The molecular formula is C14H17N7. The molecule has 7 nitrogen and oxygen atoms in total. The third-order valence-corrected chi connectivity index (χ3v) is 1.79. The SMILES string of the molecule is c1c[nH]cn1.c1cc[nH]c1.c1cn[nH]c1.c1cncnc1. The fourth-order valence-corrected chi connectivity index (χ4v) is 0.961. The molecule has 0 spiro atoms. The van der Waals surface area contributed by atoms with Gasteiger partial charge in [-0.15, -0.1) is 0 Å². The summed E-state index contributed by atoms with van der Waals surface area (Å²) in [7, 11) is 0. The zero-order valence-electron chi connectivity index (χ0n) is 11.4. The van der Waals surface area contributed by atoms with Crippen LogP contribution in [0.25, 0.3) is 0 Å². The highest BCUT2D eigenvalue weighted by Crippen LogP contribution is 1.72. The van der Waals surface area contributed by atoms with E-state index in [1.807, 2.05) is 30.6 Å². The Morgan fingerprint density at radius 1 is 0.571 bits per heavy atom. The van der Waals surface area contributed by atoms with E-state index in [0.29, 0.717) is 0 Å². The first-order valence-corrected chi connectivity index (χ1v) is 6.14. The Balaban J connectivity index is 0.000000140. The van der Waals surface area contributed by atoms with Crippen molar-refractivity contribution in [2.75, 3.05) is 0 Å². The molecule has 3 N–H and O–H groups in total. The van der Waals surface area contributed by atoms with Gasteiger partial charge in [0.15, 0.2) is 0 Å². The molecule has 4 aromatic rings. The molecule has 21 heavy (non-hydrogen) atoms. The van der Waals surface area contributed by atoms with Crippen LogP contribution in [0.4, 0.5) is 0 Å². The average Bonchev–Trinajstić information content (AvgIpc) is 3.38. The first-order chi connectivity index (χ1) is 10.5. The molecule has 0 unspecified atom stereocenters. The summed E-state index contributed by atoms with van der Waals surface area (Å²) in [6, 6.07) is 7.50. The minimum absolute atomic E-state index is 1.50. The average molecular weight is 283 g/mol. The van der Waals surface area contributed by atoms with Crippen LogP contribution in [0.2, 0.25) is 0 Å². The third-order valence-electron chi connectivity index (χ3n) is 1.79. The van der Waals surface area contributed by atoms with E-state index in [1.165, 1.54) is 6.33 Å². The minimum atomic E-state index is 1.50. The minimum Gasteiger partial charge on any atom is -0.368 e. The molecule has 0 atom stereocenters. The van der Waals surface area contributed by atoms with E-state index in [2.05, 4.69) is 35.1 Å². The molecule has 0 aliphatic heterocycles. The fraction of sp³-hybridized carbons (Fsp3) is 0. The maximum Gasteiger partial charge on any atom is 0.115 e. The molecule has 0 aliphatic rings. The van der Waals surface area contributed by atoms with Gasteiger partial charge in [-0.2, -0.15) is 5.10 Å². The Morgan fingerprint density at radius 2 is 1.38 bits per heavy atom. The highest BCUT2D eigenvalue weighted by Gasteiger charge is 1.59. The standard InChI is InChI=1S/C4H4N2.C4H5N.2C3H4N2/c1-2-5-4-6-3-1;1-2-4-5-3-1;1-2-5-3-4-1;1-2-4-5-3-1/h1-4H;1-5H;2*1-3H,(H,4,5).